The molecule has 0 radical (unpaired) electrons. The van der Waals surface area contributed by atoms with Gasteiger partial charge in [-0.1, -0.05) is 0 Å². The van der Waals surface area contributed by atoms with Crippen molar-refractivity contribution < 1.29 is 4.79 Å². The van der Waals surface area contributed by atoms with Crippen molar-refractivity contribution in [2.75, 3.05) is 20.1 Å². The van der Waals surface area contributed by atoms with Gasteiger partial charge in [0.05, 0.1) is 5.56 Å². The maximum Gasteiger partial charge on any atom is 0.253 e. The lowest BCUT2D eigenvalue weighted by molar-refractivity contribution is 0.0654. The summed E-state index contributed by atoms with van der Waals surface area (Å²) < 4.78 is 0. The minimum absolute atomic E-state index is 0.0816. The number of hydrogen-bond acceptors (Lipinski definition) is 2. The van der Waals surface area contributed by atoms with Gasteiger partial charge >= 0.3 is 0 Å². The highest BCUT2D eigenvalue weighted by molar-refractivity contribution is 5.95. The molecule has 21 heavy (non-hydrogen) atoms. The van der Waals surface area contributed by atoms with Crippen molar-refractivity contribution in [2.45, 2.75) is 51.5 Å². The van der Waals surface area contributed by atoms with Crippen LogP contribution < -0.4 is 5.32 Å². The molecule has 2 heterocycles. The Hall–Kier alpha value is -1.29. The quantitative estimate of drug-likeness (QED) is 0.879. The molecule has 0 aromatic carbocycles. The summed E-state index contributed by atoms with van der Waals surface area (Å²) in [6.07, 6.45) is 11.2. The third-order valence-corrected chi connectivity index (χ3v) is 5.63. The van der Waals surface area contributed by atoms with E-state index in [2.05, 4.69) is 22.2 Å². The number of aryl methyl sites for hydroxylation is 1. The normalized spacial score (nSPS) is 23.3. The van der Waals surface area contributed by atoms with E-state index in [0.717, 1.165) is 24.0 Å². The monoisotopic (exact) mass is 289 g/mol. The maximum atomic E-state index is 12.3. The molecule has 3 rings (SSSR count). The summed E-state index contributed by atoms with van der Waals surface area (Å²) >= 11 is 0. The molecule has 1 aliphatic carbocycles. The number of carbonyl (C=O) groups excluding carboxylic acids is 1. The molecule has 4 nitrogen and oxygen atoms in total. The highest BCUT2D eigenvalue weighted by Crippen LogP contribution is 2.44. The molecule has 2 N–H and O–H groups in total. The van der Waals surface area contributed by atoms with E-state index in [1.165, 1.54) is 38.8 Å². The van der Waals surface area contributed by atoms with E-state index in [-0.39, 0.29) is 5.91 Å². The number of nitrogens with one attached hydrogen (secondary N) is 2. The Morgan fingerprint density at radius 2 is 1.90 bits per heavy atom. The van der Waals surface area contributed by atoms with E-state index in [1.54, 1.807) is 6.20 Å². The van der Waals surface area contributed by atoms with Crippen molar-refractivity contribution in [3.63, 3.8) is 0 Å². The van der Waals surface area contributed by atoms with Crippen molar-refractivity contribution in [1.29, 1.82) is 0 Å². The van der Waals surface area contributed by atoms with Crippen LogP contribution in [0.1, 0.15) is 54.4 Å². The lowest BCUT2D eigenvalue weighted by Crippen LogP contribution is -2.44. The van der Waals surface area contributed by atoms with Crippen LogP contribution >= 0.6 is 0 Å². The number of H-pyrrole nitrogens is 1. The molecule has 0 atom stereocenters. The Balaban J connectivity index is 1.52. The maximum absolute atomic E-state index is 12.3. The topological polar surface area (TPSA) is 48.1 Å². The van der Waals surface area contributed by atoms with Gasteiger partial charge < -0.3 is 15.2 Å². The summed E-state index contributed by atoms with van der Waals surface area (Å²) in [5, 5.41) is 3.22. The average Bonchev–Trinajstić information content (AvgIpc) is 2.91. The van der Waals surface area contributed by atoms with Gasteiger partial charge in [-0.3, -0.25) is 4.79 Å². The third kappa shape index (κ3) is 3.15. The number of carbonyl (C=O) groups is 1. The van der Waals surface area contributed by atoms with E-state index >= 15 is 0 Å². The van der Waals surface area contributed by atoms with Crippen molar-refractivity contribution in [3.05, 3.63) is 23.5 Å². The van der Waals surface area contributed by atoms with Crippen LogP contribution in [-0.2, 0) is 0 Å². The van der Waals surface area contributed by atoms with Gasteiger partial charge in [-0.05, 0) is 76.6 Å². The minimum atomic E-state index is 0.0816. The fourth-order valence-corrected chi connectivity index (χ4v) is 3.92. The average molecular weight is 289 g/mol. The molecular weight excluding hydrogens is 262 g/mol. The fourth-order valence-electron chi connectivity index (χ4n) is 3.92. The van der Waals surface area contributed by atoms with E-state index in [0.29, 0.717) is 11.5 Å². The van der Waals surface area contributed by atoms with Crippen LogP contribution in [0.25, 0.3) is 0 Å². The summed E-state index contributed by atoms with van der Waals surface area (Å²) in [4.78, 5) is 17.7. The number of hydrogen-bond donors (Lipinski definition) is 2. The van der Waals surface area contributed by atoms with Gasteiger partial charge in [-0.25, -0.2) is 0 Å². The Kier molecular flexibility index (Phi) is 4.07. The van der Waals surface area contributed by atoms with E-state index in [9.17, 15) is 4.79 Å². The van der Waals surface area contributed by atoms with Crippen LogP contribution in [0, 0.1) is 12.3 Å². The number of piperidine rings is 1. The van der Waals surface area contributed by atoms with Gasteiger partial charge in [0.15, 0.2) is 0 Å². The first-order chi connectivity index (χ1) is 10.1. The molecule has 1 amide bonds. The zero-order chi connectivity index (χ0) is 14.9. The number of amides is 1. The first-order valence-electron chi connectivity index (χ1n) is 8.21. The number of aromatic nitrogens is 1. The third-order valence-electron chi connectivity index (χ3n) is 5.63. The zero-order valence-electron chi connectivity index (χ0n) is 13.2. The largest absolute Gasteiger partial charge is 0.367 e. The second-order valence-corrected chi connectivity index (χ2v) is 7.10. The standard InChI is InChI=1S/C17H27N3O/c1-13-11-18-12-15(13)16(21)19-14-3-5-17(6-4-14)7-9-20(2)10-8-17/h11-12,14,18H,3-10H2,1-2H3,(H,19,21). The minimum Gasteiger partial charge on any atom is -0.367 e. The van der Waals surface area contributed by atoms with E-state index < -0.39 is 0 Å². The molecule has 1 aliphatic heterocycles. The van der Waals surface area contributed by atoms with Crippen molar-refractivity contribution >= 4 is 5.91 Å². The summed E-state index contributed by atoms with van der Waals surface area (Å²) in [6, 6.07) is 0.358. The van der Waals surface area contributed by atoms with Crippen LogP contribution in [0.15, 0.2) is 12.4 Å². The summed E-state index contributed by atoms with van der Waals surface area (Å²) in [6.45, 7) is 4.44. The van der Waals surface area contributed by atoms with Gasteiger partial charge in [0.1, 0.15) is 0 Å². The molecule has 4 heteroatoms. The summed E-state index contributed by atoms with van der Waals surface area (Å²) in [7, 11) is 2.22. The number of aromatic amines is 1. The highest BCUT2D eigenvalue weighted by Gasteiger charge is 2.37. The van der Waals surface area contributed by atoms with Gasteiger partial charge in [-0.2, -0.15) is 0 Å². The van der Waals surface area contributed by atoms with Crippen molar-refractivity contribution in [1.82, 2.24) is 15.2 Å². The molecule has 1 saturated heterocycles. The number of nitrogens with zero attached hydrogens (tertiary/aromatic N) is 1. The Morgan fingerprint density at radius 3 is 2.48 bits per heavy atom. The van der Waals surface area contributed by atoms with Gasteiger partial charge in [0, 0.05) is 18.4 Å². The number of rotatable bonds is 2. The predicted molar refractivity (Wildman–Crippen MR) is 84.4 cm³/mol. The second kappa shape index (κ2) is 5.84. The SMILES string of the molecule is Cc1c[nH]cc1C(=O)NC1CCC2(CC1)CCN(C)CC2. The molecule has 1 aromatic heterocycles. The van der Waals surface area contributed by atoms with Gasteiger partial charge in [0.2, 0.25) is 0 Å². The molecule has 116 valence electrons. The Labute approximate surface area is 127 Å². The van der Waals surface area contributed by atoms with Crippen LogP contribution in [0.3, 0.4) is 0 Å². The first kappa shape index (κ1) is 14.6. The van der Waals surface area contributed by atoms with E-state index in [4.69, 9.17) is 0 Å². The van der Waals surface area contributed by atoms with Crippen LogP contribution in [0.4, 0.5) is 0 Å². The predicted octanol–water partition coefficient (Wildman–Crippen LogP) is 2.71. The van der Waals surface area contributed by atoms with E-state index in [1.807, 2.05) is 13.1 Å². The molecule has 0 unspecified atom stereocenters. The highest BCUT2D eigenvalue weighted by atomic mass is 16.1. The lowest BCUT2D eigenvalue weighted by atomic mass is 9.67. The first-order valence-corrected chi connectivity index (χ1v) is 8.21. The second-order valence-electron chi connectivity index (χ2n) is 7.10. The molecule has 1 saturated carbocycles. The van der Waals surface area contributed by atoms with Crippen LogP contribution in [0.5, 0.6) is 0 Å². The van der Waals surface area contributed by atoms with Gasteiger partial charge in [-0.15, -0.1) is 0 Å². The van der Waals surface area contributed by atoms with Crippen LogP contribution in [0.2, 0.25) is 0 Å². The Morgan fingerprint density at radius 1 is 1.24 bits per heavy atom. The van der Waals surface area contributed by atoms with Crippen molar-refractivity contribution in [3.8, 4) is 0 Å². The lowest BCUT2D eigenvalue weighted by Gasteiger charge is -2.45. The number of likely N-dealkylation sites (tertiary alicyclic amines) is 1. The molecule has 2 aliphatic rings. The van der Waals surface area contributed by atoms with Gasteiger partial charge in [0.25, 0.3) is 5.91 Å². The molecule has 1 spiro atoms. The molecule has 0 bridgehead atoms. The molecule has 2 fully saturated rings. The Bertz CT molecular complexity index is 490. The van der Waals surface area contributed by atoms with Crippen molar-refractivity contribution in [2.24, 2.45) is 5.41 Å². The van der Waals surface area contributed by atoms with Crippen LogP contribution in [-0.4, -0.2) is 42.0 Å². The smallest absolute Gasteiger partial charge is 0.253 e. The molecular formula is C17H27N3O. The fraction of sp³-hybridized carbons (Fsp3) is 0.706. The summed E-state index contributed by atoms with van der Waals surface area (Å²) in [5.74, 6) is 0.0816. The summed E-state index contributed by atoms with van der Waals surface area (Å²) in [5.41, 5.74) is 2.38. The molecule has 1 aromatic rings. The zero-order valence-corrected chi connectivity index (χ0v) is 13.2.